The summed E-state index contributed by atoms with van der Waals surface area (Å²) in [4.78, 5) is 2.95. The summed E-state index contributed by atoms with van der Waals surface area (Å²) in [7, 11) is -0.912. The minimum absolute atomic E-state index is 0.0555. The molecule has 0 saturated heterocycles. The predicted molar refractivity (Wildman–Crippen MR) is 71.0 cm³/mol. The Morgan fingerprint density at radius 2 is 2.29 bits per heavy atom. The van der Waals surface area contributed by atoms with Crippen LogP contribution in [0.1, 0.15) is 0 Å². The van der Waals surface area contributed by atoms with Crippen LogP contribution in [0, 0.1) is 10.6 Å². The van der Waals surface area contributed by atoms with Crippen LogP contribution in [0.25, 0.3) is 11.0 Å². The highest BCUT2D eigenvalue weighted by molar-refractivity contribution is 7.84. The molecular weight excluding hydrogens is 283 g/mol. The number of nitrogens with zero attached hydrogens (tertiary/aromatic N) is 1. The Kier molecular flexibility index (Phi) is 3.65. The van der Waals surface area contributed by atoms with Crippen molar-refractivity contribution in [2.75, 3.05) is 12.0 Å². The van der Waals surface area contributed by atoms with Gasteiger partial charge in [-0.15, -0.1) is 0 Å². The summed E-state index contributed by atoms with van der Waals surface area (Å²) in [5.41, 5.74) is 1.32. The lowest BCUT2D eigenvalue weighted by Crippen LogP contribution is -2.06. The lowest BCUT2D eigenvalue weighted by atomic mass is 10.3. The number of nitrogens with one attached hydrogen (secondary N) is 1. The van der Waals surface area contributed by atoms with Crippen molar-refractivity contribution in [1.29, 1.82) is 0 Å². The largest absolute Gasteiger partial charge is 0.331 e. The van der Waals surface area contributed by atoms with Gasteiger partial charge < -0.3 is 9.55 Å². The predicted octanol–water partition coefficient (Wildman–Crippen LogP) is 2.87. The summed E-state index contributed by atoms with van der Waals surface area (Å²) in [6.45, 7) is 0.489. The van der Waals surface area contributed by atoms with E-state index in [0.29, 0.717) is 28.1 Å². The fourth-order valence-corrected chi connectivity index (χ4v) is 2.50. The van der Waals surface area contributed by atoms with Gasteiger partial charge in [-0.2, -0.15) is 0 Å². The molecule has 0 amide bonds. The number of hydrogen-bond acceptors (Lipinski definition) is 2. The maximum absolute atomic E-state index is 13.4. The zero-order valence-electron chi connectivity index (χ0n) is 9.00. The highest BCUT2D eigenvalue weighted by Crippen LogP contribution is 2.22. The minimum Gasteiger partial charge on any atom is -0.331 e. The molecule has 1 heterocycles. The first-order chi connectivity index (χ1) is 7.99. The number of aryl methyl sites for hydroxylation is 1. The first-order valence-electron chi connectivity index (χ1n) is 4.86. The highest BCUT2D eigenvalue weighted by Gasteiger charge is 2.09. The number of halogens is 2. The van der Waals surface area contributed by atoms with Crippen molar-refractivity contribution >= 4 is 45.7 Å². The molecule has 7 heteroatoms. The van der Waals surface area contributed by atoms with Gasteiger partial charge in [0.2, 0.25) is 0 Å². The molecule has 0 radical (unpaired) electrons. The Balaban J connectivity index is 2.54. The third-order valence-electron chi connectivity index (χ3n) is 2.42. The van der Waals surface area contributed by atoms with Crippen LogP contribution in [-0.2, 0) is 17.3 Å². The molecule has 0 aliphatic carbocycles. The molecule has 2 rings (SSSR count). The number of aromatic amines is 1. The van der Waals surface area contributed by atoms with Crippen LogP contribution < -0.4 is 0 Å². The summed E-state index contributed by atoms with van der Waals surface area (Å²) in [6, 6.07) is 2.84. The van der Waals surface area contributed by atoms with Crippen molar-refractivity contribution in [3.05, 3.63) is 27.7 Å². The summed E-state index contributed by atoms with van der Waals surface area (Å²) < 4.78 is 26.7. The van der Waals surface area contributed by atoms with E-state index < -0.39 is 16.6 Å². The topological polar surface area (TPSA) is 37.8 Å². The van der Waals surface area contributed by atoms with Crippen molar-refractivity contribution in [2.45, 2.75) is 6.54 Å². The molecule has 17 heavy (non-hydrogen) atoms. The van der Waals surface area contributed by atoms with Gasteiger partial charge in [0.15, 0.2) is 4.77 Å². The van der Waals surface area contributed by atoms with Crippen molar-refractivity contribution in [3.8, 4) is 0 Å². The molecule has 0 spiro atoms. The second kappa shape index (κ2) is 4.88. The zero-order chi connectivity index (χ0) is 12.6. The number of aromatic nitrogens is 2. The maximum atomic E-state index is 13.4. The van der Waals surface area contributed by atoms with Crippen molar-refractivity contribution in [1.82, 2.24) is 9.55 Å². The Bertz CT molecular complexity index is 650. The fraction of sp³-hybridized carbons (Fsp3) is 0.300. The van der Waals surface area contributed by atoms with Gasteiger partial charge in [-0.3, -0.25) is 4.21 Å². The van der Waals surface area contributed by atoms with Gasteiger partial charge in [0.25, 0.3) is 0 Å². The van der Waals surface area contributed by atoms with Crippen molar-refractivity contribution in [3.63, 3.8) is 0 Å². The van der Waals surface area contributed by atoms with Gasteiger partial charge in [0.1, 0.15) is 5.82 Å². The van der Waals surface area contributed by atoms with Crippen LogP contribution in [0.5, 0.6) is 0 Å². The first-order valence-corrected chi connectivity index (χ1v) is 7.38. The van der Waals surface area contributed by atoms with Gasteiger partial charge in [-0.05, 0) is 18.3 Å². The summed E-state index contributed by atoms with van der Waals surface area (Å²) >= 11 is 10.8. The smallest absolute Gasteiger partial charge is 0.178 e. The van der Waals surface area contributed by atoms with Crippen molar-refractivity contribution in [2.24, 2.45) is 0 Å². The normalized spacial score (nSPS) is 13.1. The molecule has 3 nitrogen and oxygen atoms in total. The van der Waals surface area contributed by atoms with Crippen LogP contribution >= 0.6 is 23.8 Å². The van der Waals surface area contributed by atoms with E-state index in [1.165, 1.54) is 12.1 Å². The Morgan fingerprint density at radius 1 is 1.59 bits per heavy atom. The second-order valence-electron chi connectivity index (χ2n) is 3.64. The van der Waals surface area contributed by atoms with E-state index in [9.17, 15) is 8.60 Å². The number of imidazole rings is 1. The average molecular weight is 293 g/mol. The molecule has 1 atom stereocenters. The SMILES string of the molecule is CS(=O)CCn1c(=S)[nH]c2cc(Cl)c(F)cc21. The number of hydrogen-bond donors (Lipinski definition) is 1. The van der Waals surface area contributed by atoms with E-state index >= 15 is 0 Å². The number of fused-ring (bicyclic) bond motifs is 1. The molecule has 1 aromatic heterocycles. The first kappa shape index (κ1) is 12.7. The summed E-state index contributed by atoms with van der Waals surface area (Å²) in [5, 5.41) is 0.0555. The maximum Gasteiger partial charge on any atom is 0.178 e. The number of H-pyrrole nitrogens is 1. The summed E-state index contributed by atoms with van der Waals surface area (Å²) in [5.74, 6) is -0.00886. The quantitative estimate of drug-likeness (QED) is 0.884. The second-order valence-corrected chi connectivity index (χ2v) is 5.99. The Morgan fingerprint density at radius 3 is 2.94 bits per heavy atom. The van der Waals surface area contributed by atoms with Gasteiger partial charge in [0.05, 0.1) is 16.1 Å². The molecule has 0 bridgehead atoms. The van der Waals surface area contributed by atoms with E-state index in [0.717, 1.165) is 0 Å². The number of rotatable bonds is 3. The molecule has 1 N–H and O–H groups in total. The van der Waals surface area contributed by atoms with Crippen LogP contribution in [0.2, 0.25) is 5.02 Å². The lowest BCUT2D eigenvalue weighted by molar-refractivity contribution is 0.628. The van der Waals surface area contributed by atoms with Crippen LogP contribution in [0.15, 0.2) is 12.1 Å². The minimum atomic E-state index is -0.912. The highest BCUT2D eigenvalue weighted by atomic mass is 35.5. The average Bonchev–Trinajstić information content (AvgIpc) is 2.52. The third kappa shape index (κ3) is 2.59. The third-order valence-corrected chi connectivity index (χ3v) is 3.79. The van der Waals surface area contributed by atoms with E-state index in [1.807, 2.05) is 0 Å². The molecule has 1 aromatic carbocycles. The van der Waals surface area contributed by atoms with E-state index in [1.54, 1.807) is 10.8 Å². The zero-order valence-corrected chi connectivity index (χ0v) is 11.4. The molecular formula is C10H10ClFN2OS2. The number of benzene rings is 1. The standard InChI is InChI=1S/C10H10ClFN2OS2/c1-17(15)3-2-14-9-5-7(12)6(11)4-8(9)13-10(14)16/h4-5H,2-3H2,1H3,(H,13,16). The van der Waals surface area contributed by atoms with Crippen LogP contribution in [-0.4, -0.2) is 25.8 Å². The van der Waals surface area contributed by atoms with Gasteiger partial charge in [0, 0.05) is 35.4 Å². The van der Waals surface area contributed by atoms with Gasteiger partial charge >= 0.3 is 0 Å². The molecule has 92 valence electrons. The Labute approximate surface area is 110 Å². The molecule has 1 unspecified atom stereocenters. The molecule has 2 aromatic rings. The van der Waals surface area contributed by atoms with E-state index in [4.69, 9.17) is 23.8 Å². The summed E-state index contributed by atoms with van der Waals surface area (Å²) in [6.07, 6.45) is 1.62. The van der Waals surface area contributed by atoms with Gasteiger partial charge in [-0.1, -0.05) is 11.6 Å². The van der Waals surface area contributed by atoms with E-state index in [2.05, 4.69) is 4.98 Å². The molecule has 0 aliphatic heterocycles. The Hall–Kier alpha value is -0.720. The molecule has 0 aliphatic rings. The fourth-order valence-electron chi connectivity index (χ4n) is 1.59. The van der Waals surface area contributed by atoms with E-state index in [-0.39, 0.29) is 5.02 Å². The molecule has 0 fully saturated rings. The lowest BCUT2D eigenvalue weighted by Gasteiger charge is -2.03. The van der Waals surface area contributed by atoms with Crippen LogP contribution in [0.3, 0.4) is 0 Å². The van der Waals surface area contributed by atoms with Crippen molar-refractivity contribution < 1.29 is 8.60 Å². The molecule has 0 saturated carbocycles. The monoisotopic (exact) mass is 292 g/mol. The van der Waals surface area contributed by atoms with Gasteiger partial charge in [-0.25, -0.2) is 4.39 Å². The van der Waals surface area contributed by atoms with Crippen LogP contribution in [0.4, 0.5) is 4.39 Å².